The van der Waals surface area contributed by atoms with E-state index in [-0.39, 0.29) is 6.04 Å². The van der Waals surface area contributed by atoms with Crippen LogP contribution in [0.5, 0.6) is 0 Å². The molecule has 0 aromatic heterocycles. The highest BCUT2D eigenvalue weighted by molar-refractivity contribution is 6.33. The maximum atomic E-state index is 6.18. The lowest BCUT2D eigenvalue weighted by molar-refractivity contribution is 0.0589. The smallest absolute Gasteiger partial charge is 0.0701 e. The molecule has 1 atom stereocenters. The van der Waals surface area contributed by atoms with Gasteiger partial charge >= 0.3 is 0 Å². The minimum Gasteiger partial charge on any atom is -0.382 e. The van der Waals surface area contributed by atoms with Crippen molar-refractivity contribution in [2.75, 3.05) is 33.5 Å². The molecule has 1 aromatic rings. The summed E-state index contributed by atoms with van der Waals surface area (Å²) >= 11 is 12.2. The number of halogens is 2. The number of hydrogen-bond acceptors (Lipinski definition) is 3. The fourth-order valence-corrected chi connectivity index (χ4v) is 2.20. The van der Waals surface area contributed by atoms with Crippen LogP contribution in [0.2, 0.25) is 10.0 Å². The van der Waals surface area contributed by atoms with Gasteiger partial charge in [-0.3, -0.25) is 0 Å². The molecule has 0 radical (unpaired) electrons. The first-order chi connectivity index (χ1) is 9.17. The van der Waals surface area contributed by atoms with Gasteiger partial charge in [0.2, 0.25) is 0 Å². The maximum absolute atomic E-state index is 6.18. The number of rotatable bonds is 9. The second-order valence-corrected chi connectivity index (χ2v) is 5.11. The van der Waals surface area contributed by atoms with Crippen LogP contribution in [-0.2, 0) is 15.9 Å². The summed E-state index contributed by atoms with van der Waals surface area (Å²) in [6, 6.07) is 5.75. The zero-order valence-corrected chi connectivity index (χ0v) is 12.9. The van der Waals surface area contributed by atoms with E-state index in [2.05, 4.69) is 12.2 Å². The number of likely N-dealkylation sites (N-methyl/N-ethyl adjacent to an activating group) is 1. The van der Waals surface area contributed by atoms with Crippen LogP contribution in [0, 0.1) is 0 Å². The van der Waals surface area contributed by atoms with Crippen molar-refractivity contribution >= 4 is 23.2 Å². The molecular weight excluding hydrogens is 285 g/mol. The third-order valence-corrected chi connectivity index (χ3v) is 3.32. The number of methoxy groups -OCH3 is 1. The largest absolute Gasteiger partial charge is 0.382 e. The van der Waals surface area contributed by atoms with E-state index in [1.54, 1.807) is 13.2 Å². The molecule has 0 aliphatic heterocycles. The Balaban J connectivity index is 2.54. The average Bonchev–Trinajstić information content (AvgIpc) is 2.39. The van der Waals surface area contributed by atoms with Gasteiger partial charge in [-0.05, 0) is 36.7 Å². The summed E-state index contributed by atoms with van der Waals surface area (Å²) in [5.74, 6) is 0. The molecule has 0 saturated carbocycles. The molecule has 0 aliphatic rings. The van der Waals surface area contributed by atoms with Crippen molar-refractivity contribution in [1.82, 2.24) is 5.32 Å². The summed E-state index contributed by atoms with van der Waals surface area (Å²) in [6.45, 7) is 4.79. The van der Waals surface area contributed by atoms with E-state index in [4.69, 9.17) is 32.7 Å². The van der Waals surface area contributed by atoms with Gasteiger partial charge in [-0.1, -0.05) is 30.1 Å². The Hall–Kier alpha value is -0.320. The van der Waals surface area contributed by atoms with Crippen LogP contribution in [0.15, 0.2) is 18.2 Å². The Morgan fingerprint density at radius 2 is 2.05 bits per heavy atom. The second-order valence-electron chi connectivity index (χ2n) is 4.26. The zero-order chi connectivity index (χ0) is 14.1. The number of nitrogens with one attached hydrogen (secondary N) is 1. The molecule has 1 unspecified atom stereocenters. The summed E-state index contributed by atoms with van der Waals surface area (Å²) in [5, 5.41) is 4.83. The fraction of sp³-hybridized carbons (Fsp3) is 0.571. The molecule has 1 rings (SSSR count). The van der Waals surface area contributed by atoms with Crippen molar-refractivity contribution in [1.29, 1.82) is 0 Å². The van der Waals surface area contributed by atoms with E-state index in [0.29, 0.717) is 24.8 Å². The van der Waals surface area contributed by atoms with Gasteiger partial charge in [0.1, 0.15) is 0 Å². The predicted octanol–water partition coefficient (Wildman–Crippen LogP) is 3.18. The number of hydrogen-bond donors (Lipinski definition) is 1. The van der Waals surface area contributed by atoms with Crippen LogP contribution in [-0.4, -0.2) is 39.5 Å². The highest BCUT2D eigenvalue weighted by Gasteiger charge is 2.11. The molecule has 0 bridgehead atoms. The molecule has 0 saturated heterocycles. The lowest BCUT2D eigenvalue weighted by atomic mass is 10.1. The molecule has 0 spiro atoms. The van der Waals surface area contributed by atoms with Crippen molar-refractivity contribution in [3.05, 3.63) is 33.8 Å². The standard InChI is InChI=1S/C14H21Cl2NO2/c1-3-17-13(10-19-7-6-18-2)9-11-8-12(15)4-5-14(11)16/h4-5,8,13,17H,3,6-7,9-10H2,1-2H3. The van der Waals surface area contributed by atoms with E-state index in [1.165, 1.54) is 0 Å². The van der Waals surface area contributed by atoms with Gasteiger partial charge in [0, 0.05) is 23.2 Å². The first-order valence-electron chi connectivity index (χ1n) is 6.41. The second kappa shape index (κ2) is 9.56. The molecule has 108 valence electrons. The van der Waals surface area contributed by atoms with Gasteiger partial charge in [-0.2, -0.15) is 0 Å². The SMILES string of the molecule is CCNC(COCCOC)Cc1cc(Cl)ccc1Cl. The number of benzene rings is 1. The molecule has 0 fully saturated rings. The molecule has 19 heavy (non-hydrogen) atoms. The summed E-state index contributed by atoms with van der Waals surface area (Å²) in [4.78, 5) is 0. The van der Waals surface area contributed by atoms with Crippen LogP contribution >= 0.6 is 23.2 Å². The molecule has 0 heterocycles. The van der Waals surface area contributed by atoms with Gasteiger partial charge in [0.05, 0.1) is 19.8 Å². The van der Waals surface area contributed by atoms with E-state index in [0.717, 1.165) is 23.6 Å². The summed E-state index contributed by atoms with van der Waals surface area (Å²) < 4.78 is 10.5. The lowest BCUT2D eigenvalue weighted by Crippen LogP contribution is -2.35. The van der Waals surface area contributed by atoms with Crippen LogP contribution in [0.3, 0.4) is 0 Å². The normalized spacial score (nSPS) is 12.6. The first kappa shape index (κ1) is 16.7. The van der Waals surface area contributed by atoms with Gasteiger partial charge in [-0.15, -0.1) is 0 Å². The topological polar surface area (TPSA) is 30.5 Å². The van der Waals surface area contributed by atoms with Crippen molar-refractivity contribution in [2.24, 2.45) is 0 Å². The van der Waals surface area contributed by atoms with Crippen molar-refractivity contribution < 1.29 is 9.47 Å². The maximum Gasteiger partial charge on any atom is 0.0701 e. The van der Waals surface area contributed by atoms with Crippen molar-refractivity contribution in [3.63, 3.8) is 0 Å². The Bertz CT molecular complexity index is 374. The van der Waals surface area contributed by atoms with Gasteiger partial charge in [0.15, 0.2) is 0 Å². The molecule has 3 nitrogen and oxygen atoms in total. The predicted molar refractivity (Wildman–Crippen MR) is 80.3 cm³/mol. The van der Waals surface area contributed by atoms with Crippen molar-refractivity contribution in [2.45, 2.75) is 19.4 Å². The van der Waals surface area contributed by atoms with Crippen LogP contribution in [0.25, 0.3) is 0 Å². The Morgan fingerprint density at radius 3 is 2.74 bits per heavy atom. The summed E-state index contributed by atoms with van der Waals surface area (Å²) in [5.41, 5.74) is 1.04. The van der Waals surface area contributed by atoms with Crippen molar-refractivity contribution in [3.8, 4) is 0 Å². The van der Waals surface area contributed by atoms with Crippen LogP contribution in [0.1, 0.15) is 12.5 Å². The third kappa shape index (κ3) is 6.59. The third-order valence-electron chi connectivity index (χ3n) is 2.72. The van der Waals surface area contributed by atoms with E-state index in [9.17, 15) is 0 Å². The Kier molecular flexibility index (Phi) is 8.42. The minimum absolute atomic E-state index is 0.220. The average molecular weight is 306 g/mol. The first-order valence-corrected chi connectivity index (χ1v) is 7.17. The minimum atomic E-state index is 0.220. The quantitative estimate of drug-likeness (QED) is 0.711. The highest BCUT2D eigenvalue weighted by Crippen LogP contribution is 2.22. The van der Waals surface area contributed by atoms with Gasteiger partial charge in [0.25, 0.3) is 0 Å². The number of ether oxygens (including phenoxy) is 2. The summed E-state index contributed by atoms with van der Waals surface area (Å²) in [6.07, 6.45) is 0.792. The lowest BCUT2D eigenvalue weighted by Gasteiger charge is -2.19. The molecule has 5 heteroatoms. The van der Waals surface area contributed by atoms with E-state index < -0.39 is 0 Å². The summed E-state index contributed by atoms with van der Waals surface area (Å²) in [7, 11) is 1.66. The Morgan fingerprint density at radius 1 is 1.26 bits per heavy atom. The zero-order valence-electron chi connectivity index (χ0n) is 11.4. The molecule has 1 N–H and O–H groups in total. The van der Waals surface area contributed by atoms with Gasteiger partial charge < -0.3 is 14.8 Å². The van der Waals surface area contributed by atoms with Crippen LogP contribution in [0.4, 0.5) is 0 Å². The van der Waals surface area contributed by atoms with Gasteiger partial charge in [-0.25, -0.2) is 0 Å². The molecule has 0 aliphatic carbocycles. The molecule has 0 amide bonds. The van der Waals surface area contributed by atoms with E-state index in [1.807, 2.05) is 12.1 Å². The molecule has 1 aromatic carbocycles. The van der Waals surface area contributed by atoms with E-state index >= 15 is 0 Å². The highest BCUT2D eigenvalue weighted by atomic mass is 35.5. The fourth-order valence-electron chi connectivity index (χ4n) is 1.81. The molecular formula is C14H21Cl2NO2. The van der Waals surface area contributed by atoms with Crippen LogP contribution < -0.4 is 5.32 Å². The Labute approximate surface area is 125 Å². The monoisotopic (exact) mass is 305 g/mol.